The molecule has 0 saturated heterocycles. The molecule has 1 aliphatic heterocycles. The van der Waals surface area contributed by atoms with Crippen molar-refractivity contribution in [3.63, 3.8) is 0 Å². The van der Waals surface area contributed by atoms with Crippen LogP contribution in [-0.2, 0) is 16.2 Å². The molecule has 1 amide bonds. The minimum Gasteiger partial charge on any atom is -0.394 e. The van der Waals surface area contributed by atoms with Gasteiger partial charge < -0.3 is 15.5 Å². The number of hydrogen-bond acceptors (Lipinski definition) is 7. The molecule has 0 fully saturated rings. The smallest absolute Gasteiger partial charge is 0.277 e. The normalized spacial score (nSPS) is 13.4. The van der Waals surface area contributed by atoms with Gasteiger partial charge >= 0.3 is 0 Å². The summed E-state index contributed by atoms with van der Waals surface area (Å²) in [6, 6.07) is 1.13. The Kier molecular flexibility index (Phi) is 10.1. The molecule has 1 aromatic carbocycles. The number of aliphatic hydroxyl groups excluding tert-OH is 2. The molecule has 0 aromatic heterocycles. The van der Waals surface area contributed by atoms with Crippen molar-refractivity contribution in [2.45, 2.75) is 6.54 Å². The topological polar surface area (TPSA) is 112 Å². The van der Waals surface area contributed by atoms with E-state index in [0.717, 1.165) is 6.07 Å². The zero-order valence-electron chi connectivity index (χ0n) is 15.0. The number of aliphatic hydroxyl groups is 2. The Bertz CT molecular complexity index is 836. The monoisotopic (exact) mass is 545 g/mol. The van der Waals surface area contributed by atoms with Crippen molar-refractivity contribution in [1.82, 2.24) is 11.0 Å². The zero-order valence-corrected chi connectivity index (χ0v) is 17.9. The quantitative estimate of drug-likeness (QED) is 0.164. The van der Waals surface area contributed by atoms with Gasteiger partial charge in [0.15, 0.2) is 11.6 Å². The molecule has 0 saturated carbocycles. The minimum atomic E-state index is -1.29. The van der Waals surface area contributed by atoms with Gasteiger partial charge in [-0.25, -0.2) is 14.3 Å². The number of rotatable bonds is 11. The highest BCUT2D eigenvalue weighted by Crippen LogP contribution is 2.30. The van der Waals surface area contributed by atoms with Crippen LogP contribution in [0.4, 0.5) is 14.5 Å². The first-order valence-corrected chi connectivity index (χ1v) is 11.1. The lowest BCUT2D eigenvalue weighted by atomic mass is 10.1. The lowest BCUT2D eigenvalue weighted by molar-refractivity contribution is 0.0131. The zero-order chi connectivity index (χ0) is 21.2. The van der Waals surface area contributed by atoms with Crippen LogP contribution >= 0.6 is 32.3 Å². The summed E-state index contributed by atoms with van der Waals surface area (Å²) < 4.78 is 33.0. The predicted octanol–water partition coefficient (Wildman–Crippen LogP) is 1.79. The Morgan fingerprint density at radius 2 is 1.90 bits per heavy atom. The van der Waals surface area contributed by atoms with E-state index in [0.29, 0.717) is 10.7 Å². The molecule has 0 atom stereocenters. The van der Waals surface area contributed by atoms with Gasteiger partial charge in [-0.15, -0.1) is 0 Å². The third-order valence-corrected chi connectivity index (χ3v) is 5.86. The van der Waals surface area contributed by atoms with E-state index in [1.165, 1.54) is 0 Å². The van der Waals surface area contributed by atoms with E-state index < -0.39 is 23.2 Å². The number of carbonyl (C=O) groups excluding carboxylic acids is 1. The van der Waals surface area contributed by atoms with Gasteiger partial charge in [-0.05, 0) is 20.2 Å². The fraction of sp³-hybridized carbons (Fsp3) is 0.294. The lowest BCUT2D eigenvalue weighted by Crippen LogP contribution is -2.27. The van der Waals surface area contributed by atoms with E-state index >= 15 is 0 Å². The lowest BCUT2D eigenvalue weighted by Gasteiger charge is -2.18. The summed E-state index contributed by atoms with van der Waals surface area (Å²) in [7, 11) is 0. The number of nitrogens with one attached hydrogen (secondary N) is 3. The molecular formula is C17H19ClF2IN3O5. The van der Waals surface area contributed by atoms with Crippen molar-refractivity contribution in [1.29, 1.82) is 0 Å². The molecule has 1 heterocycles. The first kappa shape index (κ1) is 23.8. The maximum atomic E-state index is 14.8. The standard InChI is InChI=1S/C17H19ClF2IN3O5/c18-12-8-21-2-1-13(12)23-16-11(17(27)24-29-6-4-26)7-10(14(19)15(16)20)9-22-28-5-3-25/h1-2,7-8,22-23,25-26H,3-6,9H2,(H,24,27). The second-order valence-electron chi connectivity index (χ2n) is 5.40. The van der Waals surface area contributed by atoms with Crippen LogP contribution in [0.1, 0.15) is 15.9 Å². The van der Waals surface area contributed by atoms with E-state index in [-0.39, 0.29) is 64.8 Å². The predicted molar refractivity (Wildman–Crippen MR) is 112 cm³/mol. The van der Waals surface area contributed by atoms with Crippen LogP contribution in [0.25, 0.3) is 0 Å². The number of hydrogen-bond donors (Lipinski definition) is 5. The average molecular weight is 546 g/mol. The number of amides is 1. The number of benzene rings is 1. The Hall–Kier alpha value is -1.48. The molecule has 0 spiro atoms. The first-order valence-electron chi connectivity index (χ1n) is 8.27. The highest BCUT2D eigenvalue weighted by molar-refractivity contribution is 14.2. The average Bonchev–Trinajstić information content (AvgIpc) is 2.71. The summed E-state index contributed by atoms with van der Waals surface area (Å²) in [5, 5.41) is 20.4. The second-order valence-corrected chi connectivity index (χ2v) is 7.87. The first-order chi connectivity index (χ1) is 14.0. The SMILES string of the molecule is O=C(NOCCO)c1cc(CNOCCO)c(F)c(F)c1NC1=C(Cl)C=IC=C1. The molecule has 0 unspecified atom stereocenters. The van der Waals surface area contributed by atoms with Crippen LogP contribution in [0.5, 0.6) is 0 Å². The minimum absolute atomic E-state index is 0.0514. The molecule has 8 nitrogen and oxygen atoms in total. The number of anilines is 1. The van der Waals surface area contributed by atoms with Gasteiger partial charge in [0.2, 0.25) is 0 Å². The fourth-order valence-corrected chi connectivity index (χ4v) is 3.99. The van der Waals surface area contributed by atoms with Gasteiger partial charge in [-0.3, -0.25) is 14.5 Å². The molecule has 5 N–H and O–H groups in total. The van der Waals surface area contributed by atoms with Crippen LogP contribution in [0.2, 0.25) is 0 Å². The van der Waals surface area contributed by atoms with E-state index in [1.807, 2.05) is 4.08 Å². The van der Waals surface area contributed by atoms with Gasteiger partial charge in [0.1, 0.15) is 0 Å². The van der Waals surface area contributed by atoms with Crippen molar-refractivity contribution in [2.75, 3.05) is 31.7 Å². The van der Waals surface area contributed by atoms with E-state index in [4.69, 9.17) is 31.5 Å². The molecule has 2 rings (SSSR count). The Morgan fingerprint density at radius 3 is 2.59 bits per heavy atom. The molecule has 0 aliphatic carbocycles. The van der Waals surface area contributed by atoms with Crippen molar-refractivity contribution in [2.24, 2.45) is 0 Å². The summed E-state index contributed by atoms with van der Waals surface area (Å²) in [6.45, 7) is -1.09. The third kappa shape index (κ3) is 6.77. The summed E-state index contributed by atoms with van der Waals surface area (Å²) in [4.78, 5) is 22.1. The Labute approximate surface area is 180 Å². The van der Waals surface area contributed by atoms with Crippen molar-refractivity contribution in [3.05, 3.63) is 49.7 Å². The number of hydroxylamine groups is 2. The van der Waals surface area contributed by atoms with Crippen LogP contribution in [-0.4, -0.2) is 46.6 Å². The van der Waals surface area contributed by atoms with Gasteiger partial charge in [0.05, 0.1) is 48.4 Å². The third-order valence-electron chi connectivity index (χ3n) is 3.42. The number of carbonyl (C=O) groups is 1. The van der Waals surface area contributed by atoms with Crippen LogP contribution in [0.3, 0.4) is 0 Å². The number of allylic oxidation sites excluding steroid dienone is 2. The molecule has 160 valence electrons. The highest BCUT2D eigenvalue weighted by atomic mass is 127. The van der Waals surface area contributed by atoms with E-state index in [9.17, 15) is 13.6 Å². The van der Waals surface area contributed by atoms with Crippen LogP contribution in [0, 0.1) is 11.6 Å². The molecule has 1 aliphatic rings. The van der Waals surface area contributed by atoms with Gasteiger partial charge in [0.25, 0.3) is 5.91 Å². The Balaban J connectivity index is 2.38. The second kappa shape index (κ2) is 12.3. The Morgan fingerprint density at radius 1 is 1.17 bits per heavy atom. The highest BCUT2D eigenvalue weighted by Gasteiger charge is 2.24. The van der Waals surface area contributed by atoms with Crippen molar-refractivity contribution < 1.29 is 33.5 Å². The van der Waals surface area contributed by atoms with Gasteiger partial charge in [0, 0.05) is 12.1 Å². The molecule has 1 aromatic rings. The molecule has 12 heteroatoms. The van der Waals surface area contributed by atoms with E-state index in [1.54, 1.807) is 10.1 Å². The molecule has 29 heavy (non-hydrogen) atoms. The number of halogens is 4. The fourth-order valence-electron chi connectivity index (χ4n) is 2.14. The summed E-state index contributed by atoms with van der Waals surface area (Å²) in [6.07, 6.45) is 1.63. The van der Waals surface area contributed by atoms with Crippen molar-refractivity contribution >= 4 is 47.9 Å². The molecule has 0 bridgehead atoms. The van der Waals surface area contributed by atoms with Crippen LogP contribution in [0.15, 0.2) is 27.0 Å². The van der Waals surface area contributed by atoms with Crippen LogP contribution < -0.4 is 16.3 Å². The summed E-state index contributed by atoms with van der Waals surface area (Å²) in [5.74, 6) is -3.33. The van der Waals surface area contributed by atoms with E-state index in [2.05, 4.69) is 16.3 Å². The van der Waals surface area contributed by atoms with Gasteiger partial charge in [-0.1, -0.05) is 32.3 Å². The molecular weight excluding hydrogens is 527 g/mol. The summed E-state index contributed by atoms with van der Waals surface area (Å²) >= 11 is 5.75. The largest absolute Gasteiger partial charge is 0.394 e. The maximum Gasteiger partial charge on any atom is 0.277 e. The maximum absolute atomic E-state index is 14.8. The van der Waals surface area contributed by atoms with Crippen molar-refractivity contribution in [3.8, 4) is 0 Å². The van der Waals surface area contributed by atoms with Gasteiger partial charge in [-0.2, -0.15) is 5.48 Å². The summed E-state index contributed by atoms with van der Waals surface area (Å²) in [5.41, 5.74) is 3.90. The molecule has 0 radical (unpaired) electrons.